The molecule has 0 bridgehead atoms. The molecule has 0 spiro atoms. The van der Waals surface area contributed by atoms with Gasteiger partial charge in [0.1, 0.15) is 19.1 Å². The molecule has 1 fully saturated rings. The van der Waals surface area contributed by atoms with E-state index in [1.807, 2.05) is 0 Å². The van der Waals surface area contributed by atoms with Crippen molar-refractivity contribution < 1.29 is 38.2 Å². The van der Waals surface area contributed by atoms with Crippen molar-refractivity contribution in [2.45, 2.75) is 12.5 Å². The smallest absolute Gasteiger partial charge is 0.338 e. The Hall–Kier alpha value is -3.44. The number of benzene rings is 1. The Morgan fingerprint density at radius 2 is 1.71 bits per heavy atom. The topological polar surface area (TPSA) is 137 Å². The number of hydrogen-bond donors (Lipinski definition) is 3. The third-order valence-corrected chi connectivity index (χ3v) is 5.28. The van der Waals surface area contributed by atoms with Crippen molar-refractivity contribution in [2.24, 2.45) is 11.8 Å². The maximum atomic E-state index is 12.8. The van der Waals surface area contributed by atoms with Gasteiger partial charge in [-0.15, -0.1) is 12.6 Å². The van der Waals surface area contributed by atoms with Gasteiger partial charge in [0.05, 0.1) is 24.3 Å². The number of hydrogen-bond acceptors (Lipinski definition) is 9. The predicted molar refractivity (Wildman–Crippen MR) is 125 cm³/mol. The molecule has 1 amide bonds. The van der Waals surface area contributed by atoms with Crippen LogP contribution in [-0.4, -0.2) is 61.8 Å². The van der Waals surface area contributed by atoms with Gasteiger partial charge in [-0.25, -0.2) is 9.59 Å². The Morgan fingerprint density at radius 1 is 1.09 bits per heavy atom. The minimum Gasteiger partial charge on any atom is -0.465 e. The van der Waals surface area contributed by atoms with Crippen molar-refractivity contribution in [3.8, 4) is 0 Å². The van der Waals surface area contributed by atoms with Gasteiger partial charge in [-0.1, -0.05) is 25.3 Å². The molecule has 0 aromatic heterocycles. The summed E-state index contributed by atoms with van der Waals surface area (Å²) in [6.45, 7) is 7.05. The minimum atomic E-state index is -1.14. The first-order valence-corrected chi connectivity index (χ1v) is 10.7. The second-order valence-electron chi connectivity index (χ2n) is 7.36. The van der Waals surface area contributed by atoms with Crippen LogP contribution in [0.3, 0.4) is 0 Å². The van der Waals surface area contributed by atoms with Crippen LogP contribution in [0.2, 0.25) is 0 Å². The van der Waals surface area contributed by atoms with E-state index in [1.165, 1.54) is 37.5 Å². The molecule has 2 rings (SSSR count). The highest BCUT2D eigenvalue weighted by Gasteiger charge is 2.41. The molecule has 182 valence electrons. The van der Waals surface area contributed by atoms with E-state index in [-0.39, 0.29) is 43.0 Å². The van der Waals surface area contributed by atoms with Crippen LogP contribution in [0.15, 0.2) is 43.5 Å². The van der Waals surface area contributed by atoms with Crippen LogP contribution < -0.4 is 10.6 Å². The molecule has 0 saturated carbocycles. The lowest BCUT2D eigenvalue weighted by Crippen LogP contribution is -2.35. The fourth-order valence-corrected chi connectivity index (χ4v) is 3.76. The minimum absolute atomic E-state index is 0.0306. The Bertz CT molecular complexity index is 993. The van der Waals surface area contributed by atoms with Gasteiger partial charge in [-0.05, 0) is 30.5 Å². The highest BCUT2D eigenvalue weighted by Crippen LogP contribution is 2.27. The normalized spacial score (nSPS) is 17.7. The molecular formula is C23H26N2O8S. The second kappa shape index (κ2) is 12.7. The van der Waals surface area contributed by atoms with Crippen molar-refractivity contribution in [1.29, 1.82) is 0 Å². The van der Waals surface area contributed by atoms with Crippen LogP contribution in [0, 0.1) is 11.8 Å². The number of carbonyl (C=O) groups is 5. The van der Waals surface area contributed by atoms with E-state index in [0.717, 1.165) is 0 Å². The van der Waals surface area contributed by atoms with Gasteiger partial charge in [-0.3, -0.25) is 14.4 Å². The maximum absolute atomic E-state index is 12.8. The van der Waals surface area contributed by atoms with Gasteiger partial charge in [0.25, 0.3) is 0 Å². The van der Waals surface area contributed by atoms with Crippen molar-refractivity contribution in [3.63, 3.8) is 0 Å². The molecule has 1 aromatic carbocycles. The number of methoxy groups -OCH3 is 1. The van der Waals surface area contributed by atoms with Crippen LogP contribution >= 0.6 is 12.6 Å². The fraction of sp³-hybridized carbons (Fsp3) is 0.348. The van der Waals surface area contributed by atoms with Crippen LogP contribution in [0.25, 0.3) is 0 Å². The van der Waals surface area contributed by atoms with Crippen molar-refractivity contribution in [3.05, 3.63) is 54.6 Å². The summed E-state index contributed by atoms with van der Waals surface area (Å²) in [6.07, 6.45) is 2.94. The lowest BCUT2D eigenvalue weighted by Gasteiger charge is -2.18. The van der Waals surface area contributed by atoms with Crippen molar-refractivity contribution >= 4 is 47.2 Å². The van der Waals surface area contributed by atoms with Gasteiger partial charge in [0.2, 0.25) is 5.91 Å². The van der Waals surface area contributed by atoms with Crippen LogP contribution in [0.5, 0.6) is 0 Å². The predicted octanol–water partition coefficient (Wildman–Crippen LogP) is 1.53. The number of carbonyl (C=O) groups excluding carboxylic acids is 5. The number of rotatable bonds is 11. The average Bonchev–Trinajstić information content (AvgIpc) is 3.29. The van der Waals surface area contributed by atoms with Crippen LogP contribution in [-0.2, 0) is 28.6 Å². The van der Waals surface area contributed by atoms with Gasteiger partial charge in [-0.2, -0.15) is 0 Å². The highest BCUT2D eigenvalue weighted by molar-refractivity contribution is 7.96. The lowest BCUT2D eigenvalue weighted by molar-refractivity contribution is -0.151. The standard InChI is InChI=1S/C23H26N2O8S/c1-4-6-32-21(28)14-8-13(20(27)31-3)9-16(10-14)25-19(26)17-11-15(12-24-17)18(23(30)34)22(29)33-7-5-2/h4-5,8-10,15,17-18,24H,1-2,6-7,11-12H2,3H3,(H,25,26)(H,30,34)/t15-,17+,18?/m1/s1. The Morgan fingerprint density at radius 3 is 2.29 bits per heavy atom. The maximum Gasteiger partial charge on any atom is 0.338 e. The molecule has 1 saturated heterocycles. The summed E-state index contributed by atoms with van der Waals surface area (Å²) in [7, 11) is 1.19. The number of thiol groups is 1. The summed E-state index contributed by atoms with van der Waals surface area (Å²) < 4.78 is 14.7. The zero-order valence-electron chi connectivity index (χ0n) is 18.6. The molecule has 1 aliphatic rings. The first-order chi connectivity index (χ1) is 16.2. The van der Waals surface area contributed by atoms with Crippen LogP contribution in [0.4, 0.5) is 5.69 Å². The summed E-state index contributed by atoms with van der Waals surface area (Å²) in [5.74, 6) is -4.29. The summed E-state index contributed by atoms with van der Waals surface area (Å²) in [4.78, 5) is 61.3. The summed E-state index contributed by atoms with van der Waals surface area (Å²) in [6, 6.07) is 3.25. The SMILES string of the molecule is C=CCOC(=O)c1cc(NC(=O)[C@@H]2C[C@@H](C(C(=O)S)C(=O)OCC=C)CN2)cc(C(=O)OC)c1. The summed E-state index contributed by atoms with van der Waals surface area (Å²) in [5, 5.41) is 4.95. The van der Waals surface area contributed by atoms with E-state index in [2.05, 4.69) is 36.4 Å². The Labute approximate surface area is 202 Å². The third kappa shape index (κ3) is 7.03. The van der Waals surface area contributed by atoms with E-state index >= 15 is 0 Å². The summed E-state index contributed by atoms with van der Waals surface area (Å²) in [5.41, 5.74) is 0.229. The van der Waals surface area contributed by atoms with E-state index in [4.69, 9.17) is 14.2 Å². The average molecular weight is 491 g/mol. The summed E-state index contributed by atoms with van der Waals surface area (Å²) >= 11 is 3.80. The van der Waals surface area contributed by atoms with E-state index in [0.29, 0.717) is 0 Å². The van der Waals surface area contributed by atoms with Gasteiger partial charge in [0, 0.05) is 12.2 Å². The van der Waals surface area contributed by atoms with Crippen molar-refractivity contribution in [2.75, 3.05) is 32.2 Å². The molecule has 1 unspecified atom stereocenters. The molecule has 2 N–H and O–H groups in total. The van der Waals surface area contributed by atoms with Gasteiger partial charge < -0.3 is 24.8 Å². The molecule has 1 heterocycles. The number of ether oxygens (including phenoxy) is 3. The van der Waals surface area contributed by atoms with Crippen molar-refractivity contribution in [1.82, 2.24) is 5.32 Å². The second-order valence-corrected chi connectivity index (χ2v) is 7.80. The Kier molecular flexibility index (Phi) is 10.0. The first kappa shape index (κ1) is 26.8. The van der Waals surface area contributed by atoms with Crippen LogP contribution in [0.1, 0.15) is 27.1 Å². The highest BCUT2D eigenvalue weighted by atomic mass is 32.1. The van der Waals surface area contributed by atoms with E-state index in [9.17, 15) is 24.0 Å². The zero-order chi connectivity index (χ0) is 25.3. The largest absolute Gasteiger partial charge is 0.465 e. The lowest BCUT2D eigenvalue weighted by atomic mass is 9.90. The number of amides is 1. The molecule has 1 aromatic rings. The molecule has 34 heavy (non-hydrogen) atoms. The monoisotopic (exact) mass is 490 g/mol. The first-order valence-electron chi connectivity index (χ1n) is 10.3. The Balaban J connectivity index is 2.16. The molecule has 11 heteroatoms. The molecule has 1 aliphatic heterocycles. The van der Waals surface area contributed by atoms with E-state index in [1.54, 1.807) is 0 Å². The molecular weight excluding hydrogens is 464 g/mol. The quantitative estimate of drug-likeness (QED) is 0.139. The fourth-order valence-electron chi connectivity index (χ4n) is 3.44. The molecule has 0 aliphatic carbocycles. The molecule has 3 atom stereocenters. The molecule has 0 radical (unpaired) electrons. The molecule has 10 nitrogen and oxygen atoms in total. The van der Waals surface area contributed by atoms with Gasteiger partial charge >= 0.3 is 17.9 Å². The number of nitrogens with one attached hydrogen (secondary N) is 2. The third-order valence-electron chi connectivity index (χ3n) is 5.01. The zero-order valence-corrected chi connectivity index (χ0v) is 19.5. The number of anilines is 1. The number of esters is 3. The van der Waals surface area contributed by atoms with Gasteiger partial charge in [0.15, 0.2) is 5.12 Å². The van der Waals surface area contributed by atoms with E-state index < -0.39 is 46.8 Å².